The van der Waals surface area contributed by atoms with Gasteiger partial charge in [0.05, 0.1) is 0 Å². The van der Waals surface area contributed by atoms with Gasteiger partial charge in [-0.15, -0.1) is 0 Å². The Morgan fingerprint density at radius 3 is 1.26 bits per heavy atom. The van der Waals surface area contributed by atoms with Gasteiger partial charge in [0.1, 0.15) is 0 Å². The highest BCUT2D eigenvalue weighted by molar-refractivity contribution is 7.80. The van der Waals surface area contributed by atoms with E-state index in [0.717, 1.165) is 24.5 Å². The molecule has 0 aliphatic heterocycles. The van der Waals surface area contributed by atoms with E-state index in [4.69, 9.17) is 12.2 Å². The lowest BCUT2D eigenvalue weighted by Crippen LogP contribution is -2.47. The summed E-state index contributed by atoms with van der Waals surface area (Å²) in [5.41, 5.74) is 0. The maximum atomic E-state index is 5.73. The Labute approximate surface area is 301 Å². The van der Waals surface area contributed by atoms with Gasteiger partial charge < -0.3 is 15.5 Å². The zero-order valence-electron chi connectivity index (χ0n) is 32.2. The fourth-order valence-electron chi connectivity index (χ4n) is 6.09. The summed E-state index contributed by atoms with van der Waals surface area (Å²) in [7, 11) is 4.24. The van der Waals surface area contributed by atoms with Crippen LogP contribution in [0.5, 0.6) is 0 Å². The minimum absolute atomic E-state index is 0.356. The second kappa shape index (κ2) is 37.4. The Balaban J connectivity index is 4.11. The molecular formula is C43H81N3S. The van der Waals surface area contributed by atoms with E-state index in [2.05, 4.69) is 99.0 Å². The lowest BCUT2D eigenvalue weighted by Gasteiger charge is -2.24. The van der Waals surface area contributed by atoms with E-state index in [9.17, 15) is 0 Å². The minimum atomic E-state index is 0.356. The lowest BCUT2D eigenvalue weighted by molar-refractivity contribution is 0.367. The predicted molar refractivity (Wildman–Crippen MR) is 219 cm³/mol. The maximum absolute atomic E-state index is 5.73. The second-order valence-electron chi connectivity index (χ2n) is 14.2. The molecule has 4 heteroatoms. The molecule has 0 aliphatic carbocycles. The normalized spacial score (nSPS) is 13.0. The van der Waals surface area contributed by atoms with Crippen LogP contribution in [0.4, 0.5) is 0 Å². The molecule has 2 N–H and O–H groups in total. The van der Waals surface area contributed by atoms with Gasteiger partial charge in [-0.25, -0.2) is 0 Å². The minimum Gasteiger partial charge on any atom is -0.360 e. The molecule has 0 aromatic rings. The molecule has 0 spiro atoms. The number of allylic oxidation sites excluding steroid dienone is 8. The van der Waals surface area contributed by atoms with Crippen LogP contribution in [0.25, 0.3) is 0 Å². The number of unbranched alkanes of at least 4 members (excludes halogenated alkanes) is 18. The first kappa shape index (κ1) is 45.6. The van der Waals surface area contributed by atoms with Crippen LogP contribution < -0.4 is 10.6 Å². The largest absolute Gasteiger partial charge is 0.360 e. The highest BCUT2D eigenvalue weighted by atomic mass is 32.1. The van der Waals surface area contributed by atoms with Crippen molar-refractivity contribution in [3.8, 4) is 0 Å². The van der Waals surface area contributed by atoms with Gasteiger partial charge in [-0.1, -0.05) is 152 Å². The first-order valence-electron chi connectivity index (χ1n) is 20.3. The van der Waals surface area contributed by atoms with Crippen LogP contribution in [0.3, 0.4) is 0 Å². The van der Waals surface area contributed by atoms with E-state index in [1.807, 2.05) is 0 Å². The molecule has 0 aromatic carbocycles. The molecule has 0 amide bonds. The van der Waals surface area contributed by atoms with E-state index in [1.165, 1.54) is 154 Å². The van der Waals surface area contributed by atoms with Crippen LogP contribution in [0.2, 0.25) is 0 Å². The molecule has 0 radical (unpaired) electrons. The van der Waals surface area contributed by atoms with Crippen molar-refractivity contribution in [2.75, 3.05) is 20.6 Å². The first-order valence-corrected chi connectivity index (χ1v) is 20.7. The maximum Gasteiger partial charge on any atom is 0.166 e. The number of hydrogen-bond donors (Lipinski definition) is 2. The summed E-state index contributed by atoms with van der Waals surface area (Å²) in [5.74, 6) is 0. The SMILES string of the molecule is CCCCC/C=C\C/C=C\CCCCCCCCC(CCCCCCCC/C=C\C/C=C\CCCCC)NC(=S)NC(C)CN(C)C. The Kier molecular flexibility index (Phi) is 36.3. The Morgan fingerprint density at radius 1 is 0.511 bits per heavy atom. The quantitative estimate of drug-likeness (QED) is 0.0404. The molecule has 1 atom stereocenters. The summed E-state index contributed by atoms with van der Waals surface area (Å²) >= 11 is 5.73. The van der Waals surface area contributed by atoms with Crippen molar-refractivity contribution in [3.63, 3.8) is 0 Å². The van der Waals surface area contributed by atoms with Crippen LogP contribution in [-0.4, -0.2) is 42.7 Å². The van der Waals surface area contributed by atoms with E-state index in [0.29, 0.717) is 12.1 Å². The zero-order chi connectivity index (χ0) is 34.5. The van der Waals surface area contributed by atoms with Crippen LogP contribution in [0, 0.1) is 0 Å². The summed E-state index contributed by atoms with van der Waals surface area (Å²) in [6, 6.07) is 0.854. The zero-order valence-corrected chi connectivity index (χ0v) is 33.0. The first-order chi connectivity index (χ1) is 23.0. The molecule has 0 heterocycles. The van der Waals surface area contributed by atoms with Gasteiger partial charge in [0.2, 0.25) is 0 Å². The van der Waals surface area contributed by atoms with E-state index < -0.39 is 0 Å². The molecule has 0 aromatic heterocycles. The van der Waals surface area contributed by atoms with Gasteiger partial charge in [0.15, 0.2) is 5.11 Å². The van der Waals surface area contributed by atoms with Crippen molar-refractivity contribution in [2.24, 2.45) is 0 Å². The average molecular weight is 672 g/mol. The summed E-state index contributed by atoms with van der Waals surface area (Å²) in [4.78, 5) is 2.21. The van der Waals surface area contributed by atoms with Crippen molar-refractivity contribution >= 4 is 17.3 Å². The van der Waals surface area contributed by atoms with Gasteiger partial charge >= 0.3 is 0 Å². The fraction of sp³-hybridized carbons (Fsp3) is 0.791. The number of hydrogen-bond acceptors (Lipinski definition) is 2. The molecule has 0 fully saturated rings. The predicted octanol–water partition coefficient (Wildman–Crippen LogP) is 13.2. The van der Waals surface area contributed by atoms with Crippen molar-refractivity contribution < 1.29 is 0 Å². The van der Waals surface area contributed by atoms with Gasteiger partial charge in [0, 0.05) is 18.6 Å². The topological polar surface area (TPSA) is 27.3 Å². The van der Waals surface area contributed by atoms with E-state index in [-0.39, 0.29) is 0 Å². The van der Waals surface area contributed by atoms with Crippen LogP contribution in [-0.2, 0) is 0 Å². The average Bonchev–Trinajstić information content (AvgIpc) is 3.03. The van der Waals surface area contributed by atoms with Crippen molar-refractivity contribution in [1.29, 1.82) is 0 Å². The summed E-state index contributed by atoms with van der Waals surface area (Å²) in [6.45, 7) is 7.74. The van der Waals surface area contributed by atoms with Crippen molar-refractivity contribution in [1.82, 2.24) is 15.5 Å². The van der Waals surface area contributed by atoms with Crippen LogP contribution in [0.15, 0.2) is 48.6 Å². The van der Waals surface area contributed by atoms with Gasteiger partial charge in [-0.05, 0) is 110 Å². The molecule has 0 rings (SSSR count). The van der Waals surface area contributed by atoms with Crippen molar-refractivity contribution in [3.05, 3.63) is 48.6 Å². The fourth-order valence-corrected chi connectivity index (χ4v) is 6.46. The third-order valence-corrected chi connectivity index (χ3v) is 9.09. The van der Waals surface area contributed by atoms with Gasteiger partial charge in [0.25, 0.3) is 0 Å². The number of nitrogens with zero attached hydrogens (tertiary/aromatic N) is 1. The molecule has 47 heavy (non-hydrogen) atoms. The third kappa shape index (κ3) is 37.3. The Hall–Kier alpha value is -1.39. The molecule has 3 nitrogen and oxygen atoms in total. The summed E-state index contributed by atoms with van der Waals surface area (Å²) in [6.07, 6.45) is 52.7. The monoisotopic (exact) mass is 672 g/mol. The van der Waals surface area contributed by atoms with Gasteiger partial charge in [-0.3, -0.25) is 0 Å². The standard InChI is InChI=1S/C43H81N3S/c1-6-8-10-12-14-16-18-20-22-24-26-28-30-32-34-36-38-42(45-43(47)44-41(3)40-46(4)5)39-37-35-33-31-29-27-25-23-21-19-17-15-13-11-9-7-2/h14-17,20-23,41-42H,6-13,18-19,24-40H2,1-5H3,(H2,44,45,47)/b16-14-,17-15-,22-20-,23-21-. The summed E-state index contributed by atoms with van der Waals surface area (Å²) in [5, 5.41) is 8.05. The van der Waals surface area contributed by atoms with Crippen LogP contribution >= 0.6 is 12.2 Å². The highest BCUT2D eigenvalue weighted by Crippen LogP contribution is 2.15. The molecule has 0 saturated heterocycles. The molecule has 0 saturated carbocycles. The van der Waals surface area contributed by atoms with E-state index in [1.54, 1.807) is 0 Å². The van der Waals surface area contributed by atoms with E-state index >= 15 is 0 Å². The molecule has 1 unspecified atom stereocenters. The van der Waals surface area contributed by atoms with Crippen molar-refractivity contribution in [2.45, 2.75) is 200 Å². The Morgan fingerprint density at radius 2 is 0.872 bits per heavy atom. The Bertz CT molecular complexity index is 721. The smallest absolute Gasteiger partial charge is 0.166 e. The van der Waals surface area contributed by atoms with Crippen LogP contribution in [0.1, 0.15) is 188 Å². The number of likely N-dealkylation sites (N-methyl/N-ethyl adjacent to an activating group) is 1. The molecular weight excluding hydrogens is 591 g/mol. The summed E-state index contributed by atoms with van der Waals surface area (Å²) < 4.78 is 0. The molecule has 274 valence electrons. The lowest BCUT2D eigenvalue weighted by atomic mass is 10.00. The highest BCUT2D eigenvalue weighted by Gasteiger charge is 2.12. The third-order valence-electron chi connectivity index (χ3n) is 8.86. The number of rotatable bonds is 34. The number of nitrogens with one attached hydrogen (secondary N) is 2. The number of thiocarbonyl (C=S) groups is 1. The van der Waals surface area contributed by atoms with Gasteiger partial charge in [-0.2, -0.15) is 0 Å². The molecule has 0 aliphatic rings. The second-order valence-corrected chi connectivity index (χ2v) is 14.6. The molecule has 0 bridgehead atoms.